The minimum atomic E-state index is -4.74. The largest absolute Gasteiger partial charge is 0.469 e. The summed E-state index contributed by atoms with van der Waals surface area (Å²) in [6.07, 6.45) is 36.5. The van der Waals surface area contributed by atoms with E-state index in [0.717, 1.165) is 51.4 Å². The number of unbranched alkanes of at least 4 members (excludes halogenated alkanes) is 24. The minimum Gasteiger partial charge on any atom is -0.462 e. The third kappa shape index (κ3) is 37.5. The van der Waals surface area contributed by atoms with Gasteiger partial charge in [0.25, 0.3) is 0 Å². The Bertz CT molecular complexity index is 782. The molecule has 0 aromatic carbocycles. The highest BCUT2D eigenvalue weighted by Gasteiger charge is 2.22. The van der Waals surface area contributed by atoms with Crippen LogP contribution in [0.2, 0.25) is 0 Å². The lowest BCUT2D eigenvalue weighted by Gasteiger charge is -2.18. The number of carbonyl (C=O) groups is 2. The molecule has 9 heteroatoms. The number of carbonyl (C=O) groups excluding carboxylic acids is 2. The average molecular weight is 689 g/mol. The van der Waals surface area contributed by atoms with E-state index in [1.54, 1.807) is 0 Å². The van der Waals surface area contributed by atoms with E-state index in [9.17, 15) is 14.2 Å². The van der Waals surface area contributed by atoms with E-state index in [1.807, 2.05) is 0 Å². The summed E-state index contributed by atoms with van der Waals surface area (Å²) >= 11 is 0. The fourth-order valence-corrected chi connectivity index (χ4v) is 5.96. The second kappa shape index (κ2) is 34.6. The van der Waals surface area contributed by atoms with Crippen LogP contribution >= 0.6 is 7.82 Å². The van der Waals surface area contributed by atoms with E-state index in [4.69, 9.17) is 19.3 Å². The Balaban J connectivity index is 3.91. The SMILES string of the molecule is CCCCC/C=C\CCCCCCCC(=O)OC[C@H](COP(=O)(O)O)OC(=O)CCCCCCCCCCCCCCCCCCC. The van der Waals surface area contributed by atoms with Crippen LogP contribution in [-0.4, -0.2) is 41.0 Å². The summed E-state index contributed by atoms with van der Waals surface area (Å²) in [6.45, 7) is 3.66. The van der Waals surface area contributed by atoms with Gasteiger partial charge < -0.3 is 19.3 Å². The van der Waals surface area contributed by atoms with Gasteiger partial charge in [0.15, 0.2) is 6.10 Å². The number of phosphoric acid groups is 1. The van der Waals surface area contributed by atoms with Crippen LogP contribution in [0, 0.1) is 0 Å². The molecule has 0 fully saturated rings. The molecule has 0 aromatic heterocycles. The summed E-state index contributed by atoms with van der Waals surface area (Å²) in [4.78, 5) is 42.7. The first kappa shape index (κ1) is 45.8. The lowest BCUT2D eigenvalue weighted by Crippen LogP contribution is -2.29. The molecule has 1 atom stereocenters. The van der Waals surface area contributed by atoms with Crippen molar-refractivity contribution in [3.8, 4) is 0 Å². The molecule has 0 unspecified atom stereocenters. The highest BCUT2D eigenvalue weighted by atomic mass is 31.2. The van der Waals surface area contributed by atoms with Gasteiger partial charge in [-0.2, -0.15) is 0 Å². The monoisotopic (exact) mass is 689 g/mol. The molecule has 0 radical (unpaired) electrons. The van der Waals surface area contributed by atoms with Gasteiger partial charge in [-0.05, 0) is 38.5 Å². The fraction of sp³-hybridized carbons (Fsp3) is 0.895. The molecule has 0 aromatic rings. The van der Waals surface area contributed by atoms with Gasteiger partial charge in [0.05, 0.1) is 6.61 Å². The van der Waals surface area contributed by atoms with Gasteiger partial charge in [-0.25, -0.2) is 4.57 Å². The molecule has 0 aliphatic heterocycles. The third-order valence-corrected chi connectivity index (χ3v) is 9.02. The minimum absolute atomic E-state index is 0.216. The molecule has 0 aliphatic carbocycles. The van der Waals surface area contributed by atoms with Crippen LogP contribution in [0.5, 0.6) is 0 Å². The number of hydrogen-bond acceptors (Lipinski definition) is 6. The van der Waals surface area contributed by atoms with Gasteiger partial charge in [0.1, 0.15) is 6.61 Å². The van der Waals surface area contributed by atoms with Crippen LogP contribution in [-0.2, 0) is 28.2 Å². The zero-order valence-corrected chi connectivity index (χ0v) is 31.3. The number of esters is 2. The van der Waals surface area contributed by atoms with Gasteiger partial charge >= 0.3 is 19.8 Å². The van der Waals surface area contributed by atoms with Crippen LogP contribution in [0.15, 0.2) is 12.2 Å². The molecule has 0 spiro atoms. The molecular weight excluding hydrogens is 615 g/mol. The lowest BCUT2D eigenvalue weighted by molar-refractivity contribution is -0.161. The van der Waals surface area contributed by atoms with Crippen molar-refractivity contribution in [3.63, 3.8) is 0 Å². The number of phosphoric ester groups is 1. The van der Waals surface area contributed by atoms with Crippen LogP contribution in [0.4, 0.5) is 0 Å². The maximum atomic E-state index is 12.4. The van der Waals surface area contributed by atoms with Crippen molar-refractivity contribution in [2.24, 2.45) is 0 Å². The van der Waals surface area contributed by atoms with E-state index >= 15 is 0 Å². The Hall–Kier alpha value is -1.21. The first-order valence-electron chi connectivity index (χ1n) is 19.5. The molecule has 0 saturated carbocycles. The first-order valence-corrected chi connectivity index (χ1v) is 21.0. The smallest absolute Gasteiger partial charge is 0.462 e. The van der Waals surface area contributed by atoms with Crippen LogP contribution < -0.4 is 0 Å². The maximum Gasteiger partial charge on any atom is 0.469 e. The number of hydrogen-bond donors (Lipinski definition) is 2. The van der Waals surface area contributed by atoms with Crippen molar-refractivity contribution in [2.75, 3.05) is 13.2 Å². The average Bonchev–Trinajstić information content (AvgIpc) is 3.04. The quantitative estimate of drug-likeness (QED) is 0.0289. The standard InChI is InChI=1S/C38H73O8P/c1-3-5-7-9-11-13-15-17-18-19-20-21-23-25-27-29-31-33-38(40)46-36(35-45-47(41,42)43)34-44-37(39)32-30-28-26-24-22-16-14-12-10-8-6-4-2/h12,14,36H,3-11,13,15-35H2,1-2H3,(H2,41,42,43)/b14-12-/t36-/m1/s1. The van der Waals surface area contributed by atoms with Crippen molar-refractivity contribution in [3.05, 3.63) is 12.2 Å². The van der Waals surface area contributed by atoms with Crippen molar-refractivity contribution in [1.82, 2.24) is 0 Å². The number of ether oxygens (including phenoxy) is 2. The normalized spacial score (nSPS) is 12.5. The van der Waals surface area contributed by atoms with E-state index in [-0.39, 0.29) is 19.4 Å². The predicted molar refractivity (Wildman–Crippen MR) is 193 cm³/mol. The molecule has 0 saturated heterocycles. The molecule has 47 heavy (non-hydrogen) atoms. The van der Waals surface area contributed by atoms with E-state index in [1.165, 1.54) is 109 Å². The van der Waals surface area contributed by atoms with Crippen molar-refractivity contribution < 1.29 is 37.9 Å². The van der Waals surface area contributed by atoms with E-state index in [0.29, 0.717) is 12.8 Å². The molecule has 0 heterocycles. The van der Waals surface area contributed by atoms with Crippen LogP contribution in [0.3, 0.4) is 0 Å². The third-order valence-electron chi connectivity index (χ3n) is 8.53. The molecule has 0 rings (SSSR count). The Kier molecular flexibility index (Phi) is 33.8. The van der Waals surface area contributed by atoms with Crippen molar-refractivity contribution in [2.45, 2.75) is 206 Å². The highest BCUT2D eigenvalue weighted by Crippen LogP contribution is 2.36. The molecule has 8 nitrogen and oxygen atoms in total. The Morgan fingerprint density at radius 3 is 1.34 bits per heavy atom. The molecule has 0 amide bonds. The second-order valence-corrected chi connectivity index (χ2v) is 14.5. The Morgan fingerprint density at radius 2 is 0.894 bits per heavy atom. The summed E-state index contributed by atoms with van der Waals surface area (Å²) in [7, 11) is -4.74. The fourth-order valence-electron chi connectivity index (χ4n) is 5.60. The van der Waals surface area contributed by atoms with Gasteiger partial charge in [-0.3, -0.25) is 14.1 Å². The zero-order valence-electron chi connectivity index (χ0n) is 30.4. The van der Waals surface area contributed by atoms with E-state index in [2.05, 4.69) is 30.5 Å². The molecule has 0 aliphatic rings. The predicted octanol–water partition coefficient (Wildman–Crippen LogP) is 11.5. The van der Waals surface area contributed by atoms with Crippen LogP contribution in [0.1, 0.15) is 200 Å². The zero-order chi connectivity index (χ0) is 34.7. The van der Waals surface area contributed by atoms with Gasteiger partial charge in [-0.15, -0.1) is 0 Å². The summed E-state index contributed by atoms with van der Waals surface area (Å²) in [5.74, 6) is -0.887. The van der Waals surface area contributed by atoms with Gasteiger partial charge in [0.2, 0.25) is 0 Å². The molecule has 0 bridgehead atoms. The number of allylic oxidation sites excluding steroid dienone is 2. The second-order valence-electron chi connectivity index (χ2n) is 13.3. The summed E-state index contributed by atoms with van der Waals surface area (Å²) in [6, 6.07) is 0. The Labute approximate surface area is 288 Å². The maximum absolute atomic E-state index is 12.4. The summed E-state index contributed by atoms with van der Waals surface area (Å²) in [5, 5.41) is 0. The topological polar surface area (TPSA) is 119 Å². The van der Waals surface area contributed by atoms with Gasteiger partial charge in [0, 0.05) is 12.8 Å². The molecule has 278 valence electrons. The molecular formula is C38H73O8P. The van der Waals surface area contributed by atoms with Crippen molar-refractivity contribution >= 4 is 19.8 Å². The number of rotatable bonds is 36. The van der Waals surface area contributed by atoms with Crippen LogP contribution in [0.25, 0.3) is 0 Å². The summed E-state index contributed by atoms with van der Waals surface area (Å²) in [5.41, 5.74) is 0. The molecule has 2 N–H and O–H groups in total. The van der Waals surface area contributed by atoms with E-state index < -0.39 is 32.5 Å². The summed E-state index contributed by atoms with van der Waals surface area (Å²) < 4.78 is 26.3. The first-order chi connectivity index (χ1) is 22.8. The lowest BCUT2D eigenvalue weighted by atomic mass is 10.0. The van der Waals surface area contributed by atoms with Crippen molar-refractivity contribution in [1.29, 1.82) is 0 Å². The highest BCUT2D eigenvalue weighted by molar-refractivity contribution is 7.46. The Morgan fingerprint density at radius 1 is 0.532 bits per heavy atom. The van der Waals surface area contributed by atoms with Gasteiger partial charge in [-0.1, -0.05) is 161 Å².